The van der Waals surface area contributed by atoms with Gasteiger partial charge in [0.2, 0.25) is 5.91 Å². The number of carbonyl (C=O) groups is 1. The summed E-state index contributed by atoms with van der Waals surface area (Å²) in [5, 5.41) is 0.597. The molecule has 0 saturated carbocycles. The van der Waals surface area contributed by atoms with E-state index in [0.29, 0.717) is 30.5 Å². The van der Waals surface area contributed by atoms with Crippen LogP contribution in [0.25, 0.3) is 11.0 Å². The van der Waals surface area contributed by atoms with Crippen LogP contribution in [-0.2, 0) is 11.3 Å². The Bertz CT molecular complexity index is 1410. The van der Waals surface area contributed by atoms with Crippen molar-refractivity contribution in [3.8, 4) is 5.75 Å². The fourth-order valence-electron chi connectivity index (χ4n) is 5.22. The van der Waals surface area contributed by atoms with Crippen LogP contribution in [0.2, 0.25) is 5.02 Å². The molecule has 1 fully saturated rings. The SMILES string of the molecule is Cc1ccc(C(C)C)c(OCCCCn2c(C3CC(=O)N(c4ccccc4Cl)C3)nc3ccccc32)c1. The smallest absolute Gasteiger partial charge is 0.227 e. The van der Waals surface area contributed by atoms with Crippen molar-refractivity contribution < 1.29 is 9.53 Å². The van der Waals surface area contributed by atoms with E-state index in [2.05, 4.69) is 55.7 Å². The fraction of sp³-hybridized carbons (Fsp3) is 0.355. The molecule has 0 spiro atoms. The summed E-state index contributed by atoms with van der Waals surface area (Å²) < 4.78 is 8.52. The largest absolute Gasteiger partial charge is 0.493 e. The number of anilines is 1. The molecular formula is C31H34ClN3O2. The first kappa shape index (κ1) is 25.3. The van der Waals surface area contributed by atoms with Gasteiger partial charge in [0.05, 0.1) is 28.4 Å². The number of para-hydroxylation sites is 3. The Morgan fingerprint density at radius 3 is 2.65 bits per heavy atom. The molecule has 0 aliphatic carbocycles. The minimum atomic E-state index is 0.0216. The van der Waals surface area contributed by atoms with E-state index in [9.17, 15) is 4.79 Å². The lowest BCUT2D eigenvalue weighted by atomic mass is 10.0. The van der Waals surface area contributed by atoms with Crippen molar-refractivity contribution in [1.29, 1.82) is 0 Å². The molecule has 0 radical (unpaired) electrons. The molecule has 3 aromatic carbocycles. The van der Waals surface area contributed by atoms with E-state index in [-0.39, 0.29) is 11.8 Å². The Balaban J connectivity index is 1.29. The van der Waals surface area contributed by atoms with Crippen molar-refractivity contribution in [1.82, 2.24) is 9.55 Å². The number of hydrogen-bond donors (Lipinski definition) is 0. The summed E-state index contributed by atoms with van der Waals surface area (Å²) in [7, 11) is 0. The molecule has 1 atom stereocenters. The van der Waals surface area contributed by atoms with E-state index < -0.39 is 0 Å². The third kappa shape index (κ3) is 5.37. The molecule has 1 aliphatic heterocycles. The van der Waals surface area contributed by atoms with Gasteiger partial charge in [-0.05, 0) is 67.1 Å². The van der Waals surface area contributed by atoms with Crippen LogP contribution in [-0.4, -0.2) is 28.6 Å². The Hall–Kier alpha value is -3.31. The number of unbranched alkanes of at least 4 members (excludes halogenated alkanes) is 1. The topological polar surface area (TPSA) is 47.4 Å². The van der Waals surface area contributed by atoms with Gasteiger partial charge in [0.15, 0.2) is 0 Å². The van der Waals surface area contributed by atoms with E-state index in [1.807, 2.05) is 36.4 Å². The quantitative estimate of drug-likeness (QED) is 0.217. The van der Waals surface area contributed by atoms with Crippen molar-refractivity contribution in [3.05, 3.63) is 88.7 Å². The molecule has 37 heavy (non-hydrogen) atoms. The molecule has 0 bridgehead atoms. The number of imidazole rings is 1. The average Bonchev–Trinajstić information content (AvgIpc) is 3.44. The molecule has 5 rings (SSSR count). The lowest BCUT2D eigenvalue weighted by molar-refractivity contribution is -0.117. The Labute approximate surface area is 224 Å². The normalized spacial score (nSPS) is 15.8. The first-order valence-electron chi connectivity index (χ1n) is 13.2. The number of fused-ring (bicyclic) bond motifs is 1. The first-order valence-corrected chi connectivity index (χ1v) is 13.5. The number of rotatable bonds is 9. The lowest BCUT2D eigenvalue weighted by Crippen LogP contribution is -2.24. The molecule has 1 aliphatic rings. The molecule has 192 valence electrons. The molecule has 6 heteroatoms. The summed E-state index contributed by atoms with van der Waals surface area (Å²) >= 11 is 6.41. The second-order valence-electron chi connectivity index (χ2n) is 10.2. The van der Waals surface area contributed by atoms with E-state index in [4.69, 9.17) is 21.3 Å². The summed E-state index contributed by atoms with van der Waals surface area (Å²) in [4.78, 5) is 19.8. The molecule has 4 aromatic rings. The molecule has 1 unspecified atom stereocenters. The van der Waals surface area contributed by atoms with Crippen molar-refractivity contribution in [2.45, 2.75) is 58.4 Å². The molecule has 1 aromatic heterocycles. The predicted octanol–water partition coefficient (Wildman–Crippen LogP) is 7.50. The lowest BCUT2D eigenvalue weighted by Gasteiger charge is -2.18. The van der Waals surface area contributed by atoms with Gasteiger partial charge in [0.1, 0.15) is 11.6 Å². The van der Waals surface area contributed by atoms with Gasteiger partial charge >= 0.3 is 0 Å². The predicted molar refractivity (Wildman–Crippen MR) is 151 cm³/mol. The number of benzene rings is 3. The van der Waals surface area contributed by atoms with Gasteiger partial charge < -0.3 is 14.2 Å². The summed E-state index contributed by atoms with van der Waals surface area (Å²) in [5.74, 6) is 2.51. The van der Waals surface area contributed by atoms with E-state index in [1.165, 1.54) is 11.1 Å². The standard InChI is InChI=1S/C31H34ClN3O2/c1-21(2)24-15-14-22(3)18-29(24)37-17-9-8-16-34-28-13-7-5-11-26(28)33-31(34)23-19-30(36)35(20-23)27-12-6-4-10-25(27)32/h4-7,10-15,18,21,23H,8-9,16-17,19-20H2,1-3H3. The van der Waals surface area contributed by atoms with E-state index in [0.717, 1.165) is 47.7 Å². The second kappa shape index (κ2) is 11.0. The van der Waals surface area contributed by atoms with Crippen LogP contribution in [0.1, 0.15) is 61.9 Å². The Morgan fingerprint density at radius 1 is 1.05 bits per heavy atom. The fourth-order valence-corrected chi connectivity index (χ4v) is 5.46. The molecule has 1 saturated heterocycles. The van der Waals surface area contributed by atoms with Crippen molar-refractivity contribution in [2.75, 3.05) is 18.1 Å². The van der Waals surface area contributed by atoms with Crippen LogP contribution in [0.3, 0.4) is 0 Å². The maximum atomic E-state index is 13.0. The molecule has 1 amide bonds. The number of aromatic nitrogens is 2. The number of ether oxygens (including phenoxy) is 1. The third-order valence-corrected chi connectivity index (χ3v) is 7.46. The molecular weight excluding hydrogens is 482 g/mol. The highest BCUT2D eigenvalue weighted by Gasteiger charge is 2.35. The van der Waals surface area contributed by atoms with Gasteiger partial charge in [-0.15, -0.1) is 0 Å². The van der Waals surface area contributed by atoms with Crippen LogP contribution in [0.4, 0.5) is 5.69 Å². The molecule has 5 nitrogen and oxygen atoms in total. The number of halogens is 1. The first-order chi connectivity index (χ1) is 17.9. The van der Waals surface area contributed by atoms with Gasteiger partial charge in [-0.3, -0.25) is 4.79 Å². The van der Waals surface area contributed by atoms with Crippen LogP contribution in [0, 0.1) is 6.92 Å². The Kier molecular flexibility index (Phi) is 7.52. The minimum Gasteiger partial charge on any atom is -0.493 e. The number of nitrogens with zero attached hydrogens (tertiary/aromatic N) is 3. The maximum Gasteiger partial charge on any atom is 0.227 e. The van der Waals surface area contributed by atoms with Gasteiger partial charge in [-0.1, -0.05) is 61.8 Å². The van der Waals surface area contributed by atoms with Crippen molar-refractivity contribution >= 4 is 34.2 Å². The highest BCUT2D eigenvalue weighted by molar-refractivity contribution is 6.33. The second-order valence-corrected chi connectivity index (χ2v) is 10.6. The van der Waals surface area contributed by atoms with E-state index in [1.54, 1.807) is 4.90 Å². The summed E-state index contributed by atoms with van der Waals surface area (Å²) in [6.45, 7) is 8.59. The van der Waals surface area contributed by atoms with Gasteiger partial charge in [0.25, 0.3) is 0 Å². The zero-order valence-corrected chi connectivity index (χ0v) is 22.5. The highest BCUT2D eigenvalue weighted by atomic mass is 35.5. The number of hydrogen-bond acceptors (Lipinski definition) is 3. The molecule has 0 N–H and O–H groups in total. The van der Waals surface area contributed by atoms with Crippen molar-refractivity contribution in [2.24, 2.45) is 0 Å². The minimum absolute atomic E-state index is 0.0216. The van der Waals surface area contributed by atoms with Gasteiger partial charge in [-0.25, -0.2) is 4.98 Å². The summed E-state index contributed by atoms with van der Waals surface area (Å²) in [6, 6.07) is 22.2. The average molecular weight is 516 g/mol. The summed E-state index contributed by atoms with van der Waals surface area (Å²) in [5.41, 5.74) is 5.32. The Morgan fingerprint density at radius 2 is 1.84 bits per heavy atom. The number of aryl methyl sites for hydroxylation is 2. The van der Waals surface area contributed by atoms with Gasteiger partial charge in [0, 0.05) is 25.4 Å². The number of amides is 1. The third-order valence-electron chi connectivity index (χ3n) is 7.14. The van der Waals surface area contributed by atoms with Crippen LogP contribution in [0.5, 0.6) is 5.75 Å². The monoisotopic (exact) mass is 515 g/mol. The molecule has 2 heterocycles. The van der Waals surface area contributed by atoms with Crippen LogP contribution >= 0.6 is 11.6 Å². The maximum absolute atomic E-state index is 13.0. The zero-order valence-electron chi connectivity index (χ0n) is 21.8. The zero-order chi connectivity index (χ0) is 25.9. The van der Waals surface area contributed by atoms with Crippen LogP contribution < -0.4 is 9.64 Å². The summed E-state index contributed by atoms with van der Waals surface area (Å²) in [6.07, 6.45) is 2.33. The van der Waals surface area contributed by atoms with Crippen molar-refractivity contribution in [3.63, 3.8) is 0 Å². The highest BCUT2D eigenvalue weighted by Crippen LogP contribution is 2.36. The van der Waals surface area contributed by atoms with Gasteiger partial charge in [-0.2, -0.15) is 0 Å². The van der Waals surface area contributed by atoms with Crippen LogP contribution in [0.15, 0.2) is 66.7 Å². The number of carbonyl (C=O) groups excluding carboxylic acids is 1. The van der Waals surface area contributed by atoms with E-state index >= 15 is 0 Å².